The van der Waals surface area contributed by atoms with Crippen LogP contribution in [0.1, 0.15) is 17.4 Å². The summed E-state index contributed by atoms with van der Waals surface area (Å²) in [4.78, 5) is 10.8. The lowest BCUT2D eigenvalue weighted by atomic mass is 10.1. The van der Waals surface area contributed by atoms with Gasteiger partial charge in [-0.15, -0.1) is 0 Å². The van der Waals surface area contributed by atoms with E-state index in [4.69, 9.17) is 4.74 Å². The van der Waals surface area contributed by atoms with Crippen molar-refractivity contribution in [1.29, 1.82) is 0 Å². The SMILES string of the molecule is Cn1cc(CN2CCO[C@H](c3cnccn3)C2)c2cc(F)ccc21. The van der Waals surface area contributed by atoms with E-state index in [0.717, 1.165) is 41.8 Å². The lowest BCUT2D eigenvalue weighted by Gasteiger charge is -2.32. The molecule has 1 aliphatic rings. The van der Waals surface area contributed by atoms with Gasteiger partial charge in [0.15, 0.2) is 0 Å². The number of hydrogen-bond donors (Lipinski definition) is 0. The van der Waals surface area contributed by atoms with Gasteiger partial charge in [-0.2, -0.15) is 0 Å². The summed E-state index contributed by atoms with van der Waals surface area (Å²) < 4.78 is 21.5. The molecule has 0 radical (unpaired) electrons. The van der Waals surface area contributed by atoms with Crippen molar-refractivity contribution in [3.8, 4) is 0 Å². The van der Waals surface area contributed by atoms with Gasteiger partial charge < -0.3 is 9.30 Å². The number of fused-ring (bicyclic) bond motifs is 1. The van der Waals surface area contributed by atoms with Gasteiger partial charge in [-0.05, 0) is 23.8 Å². The summed E-state index contributed by atoms with van der Waals surface area (Å²) in [6, 6.07) is 4.95. The first-order chi connectivity index (χ1) is 11.7. The standard InChI is InChI=1S/C18H19FN4O/c1-22-10-13(15-8-14(19)2-3-17(15)22)11-23-6-7-24-18(12-23)16-9-20-4-5-21-16/h2-5,8-10,18H,6-7,11-12H2,1H3/t18-/m0/s1. The first-order valence-corrected chi connectivity index (χ1v) is 8.04. The van der Waals surface area contributed by atoms with Gasteiger partial charge in [-0.1, -0.05) is 0 Å². The fourth-order valence-corrected chi connectivity index (χ4v) is 3.31. The Morgan fingerprint density at radius 3 is 3.08 bits per heavy atom. The number of ether oxygens (including phenoxy) is 1. The predicted octanol–water partition coefficient (Wildman–Crippen LogP) is 2.68. The molecule has 0 unspecified atom stereocenters. The van der Waals surface area contributed by atoms with Gasteiger partial charge in [0, 0.05) is 56.2 Å². The normalized spacial score (nSPS) is 19.0. The van der Waals surface area contributed by atoms with E-state index in [1.54, 1.807) is 24.7 Å². The number of rotatable bonds is 3. The molecule has 1 fully saturated rings. The molecule has 0 bridgehead atoms. The highest BCUT2D eigenvalue weighted by Crippen LogP contribution is 2.26. The largest absolute Gasteiger partial charge is 0.369 e. The molecule has 0 saturated carbocycles. The number of morpholine rings is 1. The summed E-state index contributed by atoms with van der Waals surface area (Å²) in [6.45, 7) is 3.02. The molecule has 0 spiro atoms. The predicted molar refractivity (Wildman–Crippen MR) is 88.9 cm³/mol. The van der Waals surface area contributed by atoms with E-state index in [-0.39, 0.29) is 11.9 Å². The zero-order valence-corrected chi connectivity index (χ0v) is 13.5. The monoisotopic (exact) mass is 326 g/mol. The molecule has 124 valence electrons. The van der Waals surface area contributed by atoms with Crippen LogP contribution in [-0.4, -0.2) is 39.1 Å². The highest BCUT2D eigenvalue weighted by molar-refractivity contribution is 5.84. The van der Waals surface area contributed by atoms with Crippen LogP contribution in [0, 0.1) is 5.82 Å². The number of benzene rings is 1. The molecule has 0 aliphatic carbocycles. The van der Waals surface area contributed by atoms with E-state index in [1.807, 2.05) is 17.7 Å². The summed E-state index contributed by atoms with van der Waals surface area (Å²) >= 11 is 0. The van der Waals surface area contributed by atoms with E-state index >= 15 is 0 Å². The lowest BCUT2D eigenvalue weighted by Crippen LogP contribution is -2.38. The van der Waals surface area contributed by atoms with Crippen LogP contribution in [0.15, 0.2) is 43.0 Å². The molecular formula is C18H19FN4O. The van der Waals surface area contributed by atoms with E-state index in [0.29, 0.717) is 6.61 Å². The number of nitrogens with zero attached hydrogens (tertiary/aromatic N) is 4. The Balaban J connectivity index is 1.56. The van der Waals surface area contributed by atoms with Crippen LogP contribution in [0.5, 0.6) is 0 Å². The van der Waals surface area contributed by atoms with Crippen molar-refractivity contribution in [2.45, 2.75) is 12.6 Å². The molecule has 5 nitrogen and oxygen atoms in total. The first-order valence-electron chi connectivity index (χ1n) is 8.04. The molecular weight excluding hydrogens is 307 g/mol. The molecule has 0 amide bonds. The second-order valence-corrected chi connectivity index (χ2v) is 6.15. The Kier molecular flexibility index (Phi) is 4.00. The van der Waals surface area contributed by atoms with E-state index in [9.17, 15) is 4.39 Å². The van der Waals surface area contributed by atoms with Crippen molar-refractivity contribution in [1.82, 2.24) is 19.4 Å². The topological polar surface area (TPSA) is 43.2 Å². The van der Waals surface area contributed by atoms with Gasteiger partial charge >= 0.3 is 0 Å². The molecule has 3 aromatic rings. The van der Waals surface area contributed by atoms with E-state index in [1.165, 1.54) is 6.07 Å². The smallest absolute Gasteiger partial charge is 0.123 e. The van der Waals surface area contributed by atoms with Crippen LogP contribution in [0.4, 0.5) is 4.39 Å². The molecule has 1 atom stereocenters. The second kappa shape index (κ2) is 6.30. The second-order valence-electron chi connectivity index (χ2n) is 6.15. The van der Waals surface area contributed by atoms with Crippen LogP contribution in [0.3, 0.4) is 0 Å². The molecule has 1 aliphatic heterocycles. The quantitative estimate of drug-likeness (QED) is 0.742. The zero-order chi connectivity index (χ0) is 16.5. The Morgan fingerprint density at radius 1 is 1.33 bits per heavy atom. The van der Waals surface area contributed by atoms with Crippen molar-refractivity contribution in [3.63, 3.8) is 0 Å². The van der Waals surface area contributed by atoms with Gasteiger partial charge in [0.1, 0.15) is 11.9 Å². The van der Waals surface area contributed by atoms with Crippen molar-refractivity contribution in [2.75, 3.05) is 19.7 Å². The van der Waals surface area contributed by atoms with Gasteiger partial charge in [0.25, 0.3) is 0 Å². The minimum atomic E-state index is -0.200. The molecule has 0 N–H and O–H groups in total. The van der Waals surface area contributed by atoms with Gasteiger partial charge in [-0.3, -0.25) is 14.9 Å². The average molecular weight is 326 g/mol. The third-order valence-corrected chi connectivity index (χ3v) is 4.49. The van der Waals surface area contributed by atoms with Crippen LogP contribution >= 0.6 is 0 Å². The zero-order valence-electron chi connectivity index (χ0n) is 13.5. The lowest BCUT2D eigenvalue weighted by molar-refractivity contribution is -0.0350. The number of aryl methyl sites for hydroxylation is 1. The Hall–Kier alpha value is -2.31. The number of hydrogen-bond acceptors (Lipinski definition) is 4. The molecule has 1 aromatic carbocycles. The number of halogens is 1. The van der Waals surface area contributed by atoms with Gasteiger partial charge in [0.05, 0.1) is 18.5 Å². The Bertz CT molecular complexity index is 849. The summed E-state index contributed by atoms with van der Waals surface area (Å²) in [5.74, 6) is -0.200. The Morgan fingerprint density at radius 2 is 2.25 bits per heavy atom. The number of aromatic nitrogens is 3. The Labute approximate surface area is 139 Å². The van der Waals surface area contributed by atoms with Crippen LogP contribution in [0.2, 0.25) is 0 Å². The van der Waals surface area contributed by atoms with Crippen molar-refractivity contribution in [3.05, 3.63) is 60.1 Å². The summed E-state index contributed by atoms with van der Waals surface area (Å²) in [7, 11) is 1.99. The van der Waals surface area contributed by atoms with E-state index < -0.39 is 0 Å². The third kappa shape index (κ3) is 2.90. The minimum absolute atomic E-state index is 0.0702. The molecule has 6 heteroatoms. The maximum atomic E-state index is 13.6. The third-order valence-electron chi connectivity index (χ3n) is 4.49. The van der Waals surface area contributed by atoms with Gasteiger partial charge in [0.2, 0.25) is 0 Å². The highest BCUT2D eigenvalue weighted by Gasteiger charge is 2.24. The molecule has 1 saturated heterocycles. The first kappa shape index (κ1) is 15.2. The van der Waals surface area contributed by atoms with Crippen molar-refractivity contribution >= 4 is 10.9 Å². The average Bonchev–Trinajstić information content (AvgIpc) is 2.91. The maximum absolute atomic E-state index is 13.6. The van der Waals surface area contributed by atoms with E-state index in [2.05, 4.69) is 21.1 Å². The van der Waals surface area contributed by atoms with Crippen molar-refractivity contribution in [2.24, 2.45) is 7.05 Å². The molecule has 4 rings (SSSR count). The van der Waals surface area contributed by atoms with Crippen LogP contribution < -0.4 is 0 Å². The van der Waals surface area contributed by atoms with Crippen LogP contribution in [0.25, 0.3) is 10.9 Å². The molecule has 24 heavy (non-hydrogen) atoms. The summed E-state index contributed by atoms with van der Waals surface area (Å²) in [5, 5.41) is 0.972. The fraction of sp³-hybridized carbons (Fsp3) is 0.333. The fourth-order valence-electron chi connectivity index (χ4n) is 3.31. The summed E-state index contributed by atoms with van der Waals surface area (Å²) in [6.07, 6.45) is 7.11. The maximum Gasteiger partial charge on any atom is 0.123 e. The van der Waals surface area contributed by atoms with Crippen molar-refractivity contribution < 1.29 is 9.13 Å². The summed E-state index contributed by atoms with van der Waals surface area (Å²) in [5.41, 5.74) is 3.03. The highest BCUT2D eigenvalue weighted by atomic mass is 19.1. The molecule has 2 aromatic heterocycles. The molecule has 3 heterocycles. The van der Waals surface area contributed by atoms with Crippen LogP contribution in [-0.2, 0) is 18.3 Å². The minimum Gasteiger partial charge on any atom is -0.369 e. The van der Waals surface area contributed by atoms with Gasteiger partial charge in [-0.25, -0.2) is 4.39 Å².